The van der Waals surface area contributed by atoms with Gasteiger partial charge >= 0.3 is 6.03 Å². The molecule has 3 heterocycles. The molecule has 3 amide bonds. The number of aromatic nitrogens is 2. The minimum absolute atomic E-state index is 0.0306. The van der Waals surface area contributed by atoms with Crippen LogP contribution in [0.5, 0.6) is 0 Å². The Balaban J connectivity index is 1.69. The van der Waals surface area contributed by atoms with Crippen molar-refractivity contribution in [3.05, 3.63) is 53.1 Å². The molecule has 0 aromatic carbocycles. The summed E-state index contributed by atoms with van der Waals surface area (Å²) >= 11 is 0. The Morgan fingerprint density at radius 2 is 2.26 bits per heavy atom. The topological polar surface area (TPSA) is 111 Å². The van der Waals surface area contributed by atoms with E-state index in [1.165, 1.54) is 18.0 Å². The molecule has 10 heteroatoms. The molecule has 3 rings (SSSR count). The lowest BCUT2D eigenvalue weighted by molar-refractivity contribution is -0.122. The summed E-state index contributed by atoms with van der Waals surface area (Å²) in [6.45, 7) is 1.20. The summed E-state index contributed by atoms with van der Waals surface area (Å²) < 4.78 is 26.7. The normalized spacial score (nSPS) is 14.0. The van der Waals surface area contributed by atoms with Crippen LogP contribution in [0.25, 0.3) is 0 Å². The predicted molar refractivity (Wildman–Crippen MR) is 89.1 cm³/mol. The van der Waals surface area contributed by atoms with E-state index in [1.54, 1.807) is 6.07 Å². The number of nitriles is 1. The third kappa shape index (κ3) is 3.82. The Morgan fingerprint density at radius 1 is 1.48 bits per heavy atom. The third-order valence-electron chi connectivity index (χ3n) is 4.00. The average molecular weight is 372 g/mol. The van der Waals surface area contributed by atoms with Gasteiger partial charge in [-0.05, 0) is 13.0 Å². The van der Waals surface area contributed by atoms with E-state index in [0.29, 0.717) is 17.3 Å². The van der Waals surface area contributed by atoms with Crippen molar-refractivity contribution < 1.29 is 18.4 Å². The highest BCUT2D eigenvalue weighted by molar-refractivity contribution is 5.95. The van der Waals surface area contributed by atoms with E-state index in [9.17, 15) is 18.4 Å². The van der Waals surface area contributed by atoms with Crippen LogP contribution in [0.15, 0.2) is 24.5 Å². The molecule has 2 aromatic rings. The zero-order valence-electron chi connectivity index (χ0n) is 14.2. The molecule has 0 radical (unpaired) electrons. The Bertz CT molecular complexity index is 959. The number of anilines is 1. The number of nitrogens with zero attached hydrogens (tertiary/aromatic N) is 4. The van der Waals surface area contributed by atoms with Crippen molar-refractivity contribution in [3.8, 4) is 6.07 Å². The summed E-state index contributed by atoms with van der Waals surface area (Å²) in [4.78, 5) is 33.2. The van der Waals surface area contributed by atoms with Gasteiger partial charge in [-0.3, -0.25) is 9.78 Å². The summed E-state index contributed by atoms with van der Waals surface area (Å²) in [6, 6.07) is 2.85. The van der Waals surface area contributed by atoms with E-state index in [4.69, 9.17) is 5.26 Å². The van der Waals surface area contributed by atoms with E-state index < -0.39 is 29.6 Å². The number of amides is 3. The van der Waals surface area contributed by atoms with Crippen LogP contribution in [-0.4, -0.2) is 33.4 Å². The van der Waals surface area contributed by atoms with Gasteiger partial charge in [0, 0.05) is 17.8 Å². The number of nitrogens with one attached hydrogen (secondary N) is 2. The summed E-state index contributed by atoms with van der Waals surface area (Å²) in [5.41, 5.74) is 1.01. The van der Waals surface area contributed by atoms with Gasteiger partial charge in [0.25, 0.3) is 0 Å². The second-order valence-electron chi connectivity index (χ2n) is 5.89. The number of carbonyl (C=O) groups is 2. The molecule has 0 unspecified atom stereocenters. The van der Waals surface area contributed by atoms with Gasteiger partial charge in [-0.1, -0.05) is 0 Å². The highest BCUT2D eigenvalue weighted by Crippen LogP contribution is 2.24. The van der Waals surface area contributed by atoms with Crippen LogP contribution in [0.2, 0.25) is 0 Å². The zero-order valence-corrected chi connectivity index (χ0v) is 14.2. The molecule has 0 aliphatic carbocycles. The SMILES string of the molecule is C[C@@H](NC(=O)CN1Cc2c(ccnc2C#N)NC1=O)c1ncc(F)cc1F. The van der Waals surface area contributed by atoms with E-state index in [2.05, 4.69) is 20.6 Å². The summed E-state index contributed by atoms with van der Waals surface area (Å²) in [5, 5.41) is 14.2. The van der Waals surface area contributed by atoms with Gasteiger partial charge in [-0.15, -0.1) is 0 Å². The molecule has 2 N–H and O–H groups in total. The average Bonchev–Trinajstić information content (AvgIpc) is 2.61. The van der Waals surface area contributed by atoms with E-state index >= 15 is 0 Å². The largest absolute Gasteiger partial charge is 0.346 e. The van der Waals surface area contributed by atoms with Crippen molar-refractivity contribution in [2.75, 3.05) is 11.9 Å². The smallest absolute Gasteiger partial charge is 0.322 e. The fraction of sp³-hybridized carbons (Fsp3) is 0.235. The van der Waals surface area contributed by atoms with Crippen LogP contribution in [0.3, 0.4) is 0 Å². The Morgan fingerprint density at radius 3 is 2.96 bits per heavy atom. The lowest BCUT2D eigenvalue weighted by atomic mass is 10.1. The maximum Gasteiger partial charge on any atom is 0.322 e. The molecule has 0 fully saturated rings. The molecule has 1 atom stereocenters. The van der Waals surface area contributed by atoms with Crippen LogP contribution < -0.4 is 10.6 Å². The van der Waals surface area contributed by atoms with Crippen LogP contribution in [-0.2, 0) is 11.3 Å². The lowest BCUT2D eigenvalue weighted by Crippen LogP contribution is -2.45. The van der Waals surface area contributed by atoms with E-state index in [0.717, 1.165) is 6.20 Å². The number of urea groups is 1. The highest BCUT2D eigenvalue weighted by Gasteiger charge is 2.27. The Kier molecular flexibility index (Phi) is 4.94. The molecule has 1 aliphatic heterocycles. The molecular formula is C17H14F2N6O2. The number of halogens is 2. The Labute approximate surface area is 152 Å². The number of hydrogen-bond donors (Lipinski definition) is 2. The van der Waals surface area contributed by atoms with Crippen molar-refractivity contribution in [2.45, 2.75) is 19.5 Å². The molecule has 1 aliphatic rings. The maximum atomic E-state index is 13.8. The number of pyridine rings is 2. The first-order chi connectivity index (χ1) is 12.9. The maximum absolute atomic E-state index is 13.8. The second-order valence-corrected chi connectivity index (χ2v) is 5.89. The lowest BCUT2D eigenvalue weighted by Gasteiger charge is -2.29. The fourth-order valence-corrected chi connectivity index (χ4v) is 2.72. The Hall–Kier alpha value is -3.61. The first-order valence-electron chi connectivity index (χ1n) is 7.93. The van der Waals surface area contributed by atoms with Gasteiger partial charge < -0.3 is 15.5 Å². The standard InChI is InChI=1S/C17H14F2N6O2/c1-9(16-12(19)4-10(18)6-22-16)23-15(26)8-25-7-11-13(24-17(25)27)2-3-21-14(11)5-20/h2-4,6,9H,7-8H2,1H3,(H,23,26)(H,24,27)/t9-/m1/s1. The van der Waals surface area contributed by atoms with Crippen molar-refractivity contribution in [2.24, 2.45) is 0 Å². The summed E-state index contributed by atoms with van der Waals surface area (Å²) in [6.07, 6.45) is 2.26. The van der Waals surface area contributed by atoms with E-state index in [1.807, 2.05) is 6.07 Å². The second kappa shape index (κ2) is 7.33. The van der Waals surface area contributed by atoms with Crippen LogP contribution in [0, 0.1) is 23.0 Å². The number of hydrogen-bond acceptors (Lipinski definition) is 5. The van der Waals surface area contributed by atoms with Crippen molar-refractivity contribution in [3.63, 3.8) is 0 Å². The first-order valence-corrected chi connectivity index (χ1v) is 7.93. The van der Waals surface area contributed by atoms with E-state index in [-0.39, 0.29) is 24.5 Å². The third-order valence-corrected chi connectivity index (χ3v) is 4.00. The molecule has 138 valence electrons. The molecule has 0 spiro atoms. The van der Waals surface area contributed by atoms with Gasteiger partial charge in [-0.25, -0.2) is 18.6 Å². The number of carbonyl (C=O) groups excluding carboxylic acids is 2. The van der Waals surface area contributed by atoms with Crippen molar-refractivity contribution in [1.29, 1.82) is 5.26 Å². The molecule has 2 aromatic heterocycles. The number of rotatable bonds is 4. The molecule has 27 heavy (non-hydrogen) atoms. The highest BCUT2D eigenvalue weighted by atomic mass is 19.1. The molecule has 0 saturated carbocycles. The quantitative estimate of drug-likeness (QED) is 0.851. The van der Waals surface area contributed by atoms with Gasteiger partial charge in [0.2, 0.25) is 5.91 Å². The summed E-state index contributed by atoms with van der Waals surface area (Å²) in [5.74, 6) is -2.26. The van der Waals surface area contributed by atoms with Crippen LogP contribution >= 0.6 is 0 Å². The van der Waals surface area contributed by atoms with Gasteiger partial charge in [0.15, 0.2) is 0 Å². The molecule has 0 saturated heterocycles. The van der Waals surface area contributed by atoms with Crippen LogP contribution in [0.4, 0.5) is 19.3 Å². The van der Waals surface area contributed by atoms with Gasteiger partial charge in [0.05, 0.1) is 30.2 Å². The van der Waals surface area contributed by atoms with Crippen molar-refractivity contribution >= 4 is 17.6 Å². The van der Waals surface area contributed by atoms with Crippen molar-refractivity contribution in [1.82, 2.24) is 20.2 Å². The molecular weight excluding hydrogens is 358 g/mol. The number of fused-ring (bicyclic) bond motifs is 1. The van der Waals surface area contributed by atoms with Crippen LogP contribution in [0.1, 0.15) is 29.9 Å². The molecule has 0 bridgehead atoms. The summed E-state index contributed by atoms with van der Waals surface area (Å²) in [7, 11) is 0. The minimum Gasteiger partial charge on any atom is -0.346 e. The molecule has 8 nitrogen and oxygen atoms in total. The minimum atomic E-state index is -0.878. The van der Waals surface area contributed by atoms with Gasteiger partial charge in [0.1, 0.15) is 29.9 Å². The first kappa shape index (κ1) is 18.2. The fourth-order valence-electron chi connectivity index (χ4n) is 2.72. The monoisotopic (exact) mass is 372 g/mol. The zero-order chi connectivity index (χ0) is 19.6. The predicted octanol–water partition coefficient (Wildman–Crippen LogP) is 1.85. The van der Waals surface area contributed by atoms with Gasteiger partial charge in [-0.2, -0.15) is 5.26 Å².